The molecule has 1 atom stereocenters. The van der Waals surface area contributed by atoms with Gasteiger partial charge in [0.2, 0.25) is 11.1 Å². The standard InChI is InChI=1S/C16H20N4OS/c1-13-7-5-6-10-19(13)15(21)11-22-16-17-12-20(18-16)14-8-3-2-4-9-14/h2-4,8-9,12-13H,5-7,10-11H2,1H3. The molecule has 0 saturated carbocycles. The molecule has 2 heterocycles. The second-order valence-electron chi connectivity index (χ2n) is 5.53. The summed E-state index contributed by atoms with van der Waals surface area (Å²) >= 11 is 1.41. The average molecular weight is 316 g/mol. The summed E-state index contributed by atoms with van der Waals surface area (Å²) in [6.07, 6.45) is 5.13. The lowest BCUT2D eigenvalue weighted by atomic mass is 10.0. The zero-order valence-electron chi connectivity index (χ0n) is 12.7. The van der Waals surface area contributed by atoms with Crippen LogP contribution in [0.15, 0.2) is 41.8 Å². The Kier molecular flexibility index (Phi) is 4.77. The third kappa shape index (κ3) is 3.50. The predicted octanol–water partition coefficient (Wildman–Crippen LogP) is 2.76. The molecule has 1 fully saturated rings. The topological polar surface area (TPSA) is 51.0 Å². The van der Waals surface area contributed by atoms with Gasteiger partial charge in [-0.1, -0.05) is 30.0 Å². The molecular weight excluding hydrogens is 296 g/mol. The van der Waals surface area contributed by atoms with Gasteiger partial charge in [0.05, 0.1) is 11.4 Å². The number of benzene rings is 1. The lowest BCUT2D eigenvalue weighted by Gasteiger charge is -2.33. The van der Waals surface area contributed by atoms with Gasteiger partial charge in [-0.05, 0) is 38.3 Å². The van der Waals surface area contributed by atoms with Crippen molar-refractivity contribution in [2.45, 2.75) is 37.4 Å². The van der Waals surface area contributed by atoms with Crippen molar-refractivity contribution >= 4 is 17.7 Å². The van der Waals surface area contributed by atoms with Gasteiger partial charge in [0.15, 0.2) is 0 Å². The van der Waals surface area contributed by atoms with Gasteiger partial charge in [0.1, 0.15) is 6.33 Å². The molecule has 1 aliphatic heterocycles. The number of para-hydroxylation sites is 1. The van der Waals surface area contributed by atoms with Crippen molar-refractivity contribution in [3.05, 3.63) is 36.7 Å². The molecule has 1 aromatic carbocycles. The van der Waals surface area contributed by atoms with Crippen LogP contribution in [0, 0.1) is 0 Å². The van der Waals surface area contributed by atoms with Crippen molar-refractivity contribution in [1.82, 2.24) is 19.7 Å². The highest BCUT2D eigenvalue weighted by Gasteiger charge is 2.23. The van der Waals surface area contributed by atoms with Crippen LogP contribution in [0.25, 0.3) is 5.69 Å². The van der Waals surface area contributed by atoms with E-state index in [0.717, 1.165) is 25.1 Å². The summed E-state index contributed by atoms with van der Waals surface area (Å²) in [6.45, 7) is 3.01. The maximum Gasteiger partial charge on any atom is 0.233 e. The van der Waals surface area contributed by atoms with Crippen molar-refractivity contribution in [3.8, 4) is 5.69 Å². The molecule has 1 saturated heterocycles. The molecule has 2 aromatic rings. The number of aromatic nitrogens is 3. The minimum atomic E-state index is 0.188. The fraction of sp³-hybridized carbons (Fsp3) is 0.438. The molecule has 1 unspecified atom stereocenters. The van der Waals surface area contributed by atoms with Crippen molar-refractivity contribution in [2.24, 2.45) is 0 Å². The highest BCUT2D eigenvalue weighted by Crippen LogP contribution is 2.20. The van der Waals surface area contributed by atoms with Crippen LogP contribution in [0.4, 0.5) is 0 Å². The molecule has 0 spiro atoms. The fourth-order valence-corrected chi connectivity index (χ4v) is 3.38. The summed E-state index contributed by atoms with van der Waals surface area (Å²) in [6, 6.07) is 10.2. The number of likely N-dealkylation sites (tertiary alicyclic amines) is 1. The smallest absolute Gasteiger partial charge is 0.233 e. The van der Waals surface area contributed by atoms with E-state index in [4.69, 9.17) is 0 Å². The monoisotopic (exact) mass is 316 g/mol. The molecule has 6 heteroatoms. The number of piperidine rings is 1. The zero-order chi connectivity index (χ0) is 15.4. The van der Waals surface area contributed by atoms with E-state index < -0.39 is 0 Å². The third-order valence-corrected chi connectivity index (χ3v) is 4.78. The molecule has 0 N–H and O–H groups in total. The second kappa shape index (κ2) is 6.96. The first-order chi connectivity index (χ1) is 10.7. The van der Waals surface area contributed by atoms with Crippen molar-refractivity contribution in [2.75, 3.05) is 12.3 Å². The average Bonchev–Trinajstić information content (AvgIpc) is 3.03. The van der Waals surface area contributed by atoms with Crippen LogP contribution in [-0.4, -0.2) is 43.9 Å². The number of nitrogens with zero attached hydrogens (tertiary/aromatic N) is 4. The van der Waals surface area contributed by atoms with E-state index >= 15 is 0 Å². The van der Waals surface area contributed by atoms with E-state index in [9.17, 15) is 4.79 Å². The van der Waals surface area contributed by atoms with E-state index in [1.807, 2.05) is 35.2 Å². The first-order valence-corrected chi connectivity index (χ1v) is 8.62. The zero-order valence-corrected chi connectivity index (χ0v) is 13.5. The van der Waals surface area contributed by atoms with E-state index in [1.165, 1.54) is 18.2 Å². The summed E-state index contributed by atoms with van der Waals surface area (Å²) in [5.41, 5.74) is 0.970. The Bertz CT molecular complexity index is 628. The second-order valence-corrected chi connectivity index (χ2v) is 6.47. The number of carbonyl (C=O) groups excluding carboxylic acids is 1. The maximum atomic E-state index is 12.3. The van der Waals surface area contributed by atoms with Crippen molar-refractivity contribution in [3.63, 3.8) is 0 Å². The van der Waals surface area contributed by atoms with Crippen LogP contribution >= 0.6 is 11.8 Å². The van der Waals surface area contributed by atoms with Gasteiger partial charge in [0, 0.05) is 12.6 Å². The Morgan fingerprint density at radius 3 is 2.91 bits per heavy atom. The maximum absolute atomic E-state index is 12.3. The van der Waals surface area contributed by atoms with E-state index in [1.54, 1.807) is 11.0 Å². The fourth-order valence-electron chi connectivity index (χ4n) is 2.70. The van der Waals surface area contributed by atoms with Crippen LogP contribution in [0.3, 0.4) is 0 Å². The highest BCUT2D eigenvalue weighted by atomic mass is 32.2. The summed E-state index contributed by atoms with van der Waals surface area (Å²) < 4.78 is 1.73. The molecular formula is C16H20N4OS. The van der Waals surface area contributed by atoms with Gasteiger partial charge in [0.25, 0.3) is 0 Å². The van der Waals surface area contributed by atoms with Crippen molar-refractivity contribution < 1.29 is 4.79 Å². The molecule has 0 radical (unpaired) electrons. The normalized spacial score (nSPS) is 18.4. The quantitative estimate of drug-likeness (QED) is 0.814. The van der Waals surface area contributed by atoms with Crippen LogP contribution in [0.5, 0.6) is 0 Å². The van der Waals surface area contributed by atoms with Crippen LogP contribution in [0.2, 0.25) is 0 Å². The molecule has 22 heavy (non-hydrogen) atoms. The largest absolute Gasteiger partial charge is 0.339 e. The molecule has 1 amide bonds. The Morgan fingerprint density at radius 1 is 1.32 bits per heavy atom. The van der Waals surface area contributed by atoms with E-state index in [0.29, 0.717) is 17.0 Å². The molecule has 0 aliphatic carbocycles. The number of rotatable bonds is 4. The summed E-state index contributed by atoms with van der Waals surface area (Å²) in [5, 5.41) is 5.06. The SMILES string of the molecule is CC1CCCCN1C(=O)CSc1ncn(-c2ccccc2)n1. The van der Waals surface area contributed by atoms with Gasteiger partial charge in [-0.25, -0.2) is 9.67 Å². The Morgan fingerprint density at radius 2 is 2.14 bits per heavy atom. The number of thioether (sulfide) groups is 1. The van der Waals surface area contributed by atoms with Gasteiger partial charge >= 0.3 is 0 Å². The first-order valence-electron chi connectivity index (χ1n) is 7.63. The molecule has 116 valence electrons. The Hall–Kier alpha value is -1.82. The van der Waals surface area contributed by atoms with E-state index in [-0.39, 0.29) is 5.91 Å². The molecule has 1 aliphatic rings. The lowest BCUT2D eigenvalue weighted by molar-refractivity contribution is -0.131. The van der Waals surface area contributed by atoms with Gasteiger partial charge in [-0.15, -0.1) is 5.10 Å². The minimum absolute atomic E-state index is 0.188. The van der Waals surface area contributed by atoms with Crippen LogP contribution in [0.1, 0.15) is 26.2 Å². The number of carbonyl (C=O) groups is 1. The van der Waals surface area contributed by atoms with Crippen molar-refractivity contribution in [1.29, 1.82) is 0 Å². The molecule has 0 bridgehead atoms. The number of amides is 1. The summed E-state index contributed by atoms with van der Waals surface area (Å²) in [5.74, 6) is 0.594. The first kappa shape index (κ1) is 15.1. The van der Waals surface area contributed by atoms with Gasteiger partial charge in [-0.2, -0.15) is 0 Å². The Labute approximate surface area is 134 Å². The molecule has 5 nitrogen and oxygen atoms in total. The van der Waals surface area contributed by atoms with Crippen LogP contribution < -0.4 is 0 Å². The molecule has 3 rings (SSSR count). The summed E-state index contributed by atoms with van der Waals surface area (Å²) in [7, 11) is 0. The lowest BCUT2D eigenvalue weighted by Crippen LogP contribution is -2.42. The number of hydrogen-bond acceptors (Lipinski definition) is 4. The highest BCUT2D eigenvalue weighted by molar-refractivity contribution is 7.99. The molecule has 1 aromatic heterocycles. The minimum Gasteiger partial charge on any atom is -0.339 e. The van der Waals surface area contributed by atoms with Gasteiger partial charge < -0.3 is 4.90 Å². The summed E-state index contributed by atoms with van der Waals surface area (Å²) in [4.78, 5) is 18.6. The van der Waals surface area contributed by atoms with E-state index in [2.05, 4.69) is 17.0 Å². The predicted molar refractivity (Wildman–Crippen MR) is 87.1 cm³/mol. The number of hydrogen-bond donors (Lipinski definition) is 0. The van der Waals surface area contributed by atoms with Gasteiger partial charge in [-0.3, -0.25) is 4.79 Å². The van der Waals surface area contributed by atoms with Crippen LogP contribution in [-0.2, 0) is 4.79 Å². The third-order valence-electron chi connectivity index (χ3n) is 3.94. The Balaban J connectivity index is 1.58.